The maximum atomic E-state index is 13.3. The summed E-state index contributed by atoms with van der Waals surface area (Å²) in [6.07, 6.45) is 4.04. The molecule has 308 valence electrons. The number of benzene rings is 2. The lowest BCUT2D eigenvalue weighted by Crippen LogP contribution is -2.53. The number of likely N-dealkylation sites (tertiary alicyclic amines) is 1. The molecule has 3 aliphatic rings. The smallest absolute Gasteiger partial charge is 0.259 e. The second-order valence-electron chi connectivity index (χ2n) is 15.3. The van der Waals surface area contributed by atoms with Crippen molar-refractivity contribution in [2.75, 3.05) is 53.3 Å². The molecule has 7 rings (SSSR count). The third-order valence-electron chi connectivity index (χ3n) is 11.1. The van der Waals surface area contributed by atoms with Crippen LogP contribution in [0.2, 0.25) is 0 Å². The molecular weight excluding hydrogens is 765 g/mol. The first-order valence-electron chi connectivity index (χ1n) is 19.6. The topological polar surface area (TPSA) is 172 Å². The number of hydrogen-bond acceptors (Lipinski definition) is 12. The molecule has 4 aromatic rings. The maximum Gasteiger partial charge on any atom is 0.259 e. The van der Waals surface area contributed by atoms with Crippen LogP contribution in [0.15, 0.2) is 47.4 Å². The monoisotopic (exact) mass is 814 g/mol. The van der Waals surface area contributed by atoms with Crippen LogP contribution in [0.25, 0.3) is 21.2 Å². The van der Waals surface area contributed by atoms with Crippen molar-refractivity contribution in [1.29, 1.82) is 0 Å². The number of aromatic nitrogens is 1. The Labute approximate surface area is 340 Å². The highest BCUT2D eigenvalue weighted by molar-refractivity contribution is 7.23. The average Bonchev–Trinajstić information content (AvgIpc) is 3.73. The van der Waals surface area contributed by atoms with E-state index in [9.17, 15) is 29.1 Å². The highest BCUT2D eigenvalue weighted by atomic mass is 32.1. The quantitative estimate of drug-likeness (QED) is 0.123. The Morgan fingerprint density at radius 1 is 0.983 bits per heavy atom. The molecule has 2 fully saturated rings. The number of pyridine rings is 1. The van der Waals surface area contributed by atoms with Crippen LogP contribution >= 0.6 is 11.3 Å². The van der Waals surface area contributed by atoms with Gasteiger partial charge in [0.25, 0.3) is 11.5 Å². The normalized spacial score (nSPS) is 18.5. The molecule has 0 radical (unpaired) electrons. The number of aryl methyl sites for hydroxylation is 1. The summed E-state index contributed by atoms with van der Waals surface area (Å²) >= 11 is 1.55. The average molecular weight is 815 g/mol. The molecular formula is C42H50N6O9S. The Balaban J connectivity index is 0.899. The number of aliphatic hydroxyl groups is 1. The molecule has 4 amide bonds. The molecule has 5 heterocycles. The molecule has 58 heavy (non-hydrogen) atoms. The summed E-state index contributed by atoms with van der Waals surface area (Å²) < 4.78 is 20.0. The summed E-state index contributed by atoms with van der Waals surface area (Å²) in [5.41, 5.74) is 3.32. The van der Waals surface area contributed by atoms with E-state index in [1.54, 1.807) is 55.4 Å². The van der Waals surface area contributed by atoms with Crippen molar-refractivity contribution in [1.82, 2.24) is 24.6 Å². The Morgan fingerprint density at radius 2 is 1.71 bits per heavy atom. The number of thiophene rings is 1. The fraction of sp³-hybridized carbons (Fsp3) is 0.452. The highest BCUT2D eigenvalue weighted by Crippen LogP contribution is 2.41. The van der Waals surface area contributed by atoms with Crippen LogP contribution in [-0.2, 0) is 28.0 Å². The number of imide groups is 1. The molecule has 3 N–H and O–H groups in total. The second kappa shape index (κ2) is 17.2. The summed E-state index contributed by atoms with van der Waals surface area (Å²) in [4.78, 5) is 68.6. The van der Waals surface area contributed by atoms with E-state index in [1.807, 2.05) is 43.4 Å². The number of rotatable bonds is 14. The van der Waals surface area contributed by atoms with Crippen molar-refractivity contribution in [2.24, 2.45) is 7.05 Å². The van der Waals surface area contributed by atoms with Gasteiger partial charge in [0.15, 0.2) is 6.23 Å². The molecule has 3 aliphatic heterocycles. The molecule has 2 unspecified atom stereocenters. The Bertz CT molecular complexity index is 2270. The lowest BCUT2D eigenvalue weighted by molar-refractivity contribution is -0.139. The minimum absolute atomic E-state index is 0.0717. The standard InChI is InChI=1S/C42H50N6O9S/c1-45(2)22-31-33(55-4)18-24(19-34(31)56-5)30-23-46(3)40(52)29-21-36(58-38(29)30)43-25-13-15-47(16-14-25)37(50)8-6-7-17-57-26-9-10-27-28(20-26)42(54)48(41(27)53)32-11-12-35(49)44-39(32)51/h9-10,18-21,23,25,32,41,43,53H,6-8,11-17,22H2,1-5H3,(H,44,49,51). The lowest BCUT2D eigenvalue weighted by Gasteiger charge is -2.32. The van der Waals surface area contributed by atoms with Gasteiger partial charge in [0, 0.05) is 62.9 Å². The van der Waals surface area contributed by atoms with Crippen molar-refractivity contribution in [3.8, 4) is 28.4 Å². The van der Waals surface area contributed by atoms with Gasteiger partial charge in [0.2, 0.25) is 17.7 Å². The van der Waals surface area contributed by atoms with Gasteiger partial charge in [-0.1, -0.05) is 6.07 Å². The molecule has 0 aliphatic carbocycles. The van der Waals surface area contributed by atoms with E-state index in [-0.39, 0.29) is 35.9 Å². The molecule has 2 aromatic heterocycles. The maximum absolute atomic E-state index is 13.3. The highest BCUT2D eigenvalue weighted by Gasteiger charge is 2.44. The fourth-order valence-electron chi connectivity index (χ4n) is 8.04. The first kappa shape index (κ1) is 40.7. The number of nitrogens with zero attached hydrogens (tertiary/aromatic N) is 4. The SMILES string of the molecule is COc1cc(-c2cn(C)c(=O)c3cc(NC4CCN(C(=O)CCCCOc5ccc6c(c5)C(=O)N(C5CCC(=O)NC5=O)C6O)CC4)sc23)cc(OC)c1CN(C)C. The van der Waals surface area contributed by atoms with Crippen LogP contribution in [0.3, 0.4) is 0 Å². The zero-order valence-electron chi connectivity index (χ0n) is 33.5. The number of aliphatic hydroxyl groups excluding tert-OH is 1. The molecule has 2 aromatic carbocycles. The number of fused-ring (bicyclic) bond motifs is 2. The first-order chi connectivity index (χ1) is 27.9. The predicted molar refractivity (Wildman–Crippen MR) is 219 cm³/mol. The van der Waals surface area contributed by atoms with Crippen molar-refractivity contribution in [2.45, 2.75) is 69.8 Å². The van der Waals surface area contributed by atoms with Gasteiger partial charge in [-0.25, -0.2) is 0 Å². The number of nitrogens with one attached hydrogen (secondary N) is 2. The first-order valence-corrected chi connectivity index (χ1v) is 20.4. The van der Waals surface area contributed by atoms with Gasteiger partial charge in [-0.15, -0.1) is 11.3 Å². The van der Waals surface area contributed by atoms with Crippen LogP contribution in [0.5, 0.6) is 17.2 Å². The number of carbonyl (C=O) groups excluding carboxylic acids is 4. The second-order valence-corrected chi connectivity index (χ2v) is 16.4. The Kier molecular flexibility index (Phi) is 12.1. The van der Waals surface area contributed by atoms with E-state index < -0.39 is 30.0 Å². The van der Waals surface area contributed by atoms with Gasteiger partial charge in [-0.05, 0) is 82.1 Å². The van der Waals surface area contributed by atoms with Gasteiger partial charge in [0.05, 0.1) is 47.0 Å². The van der Waals surface area contributed by atoms with Crippen LogP contribution < -0.4 is 30.4 Å². The van der Waals surface area contributed by atoms with E-state index in [4.69, 9.17) is 14.2 Å². The van der Waals surface area contributed by atoms with Gasteiger partial charge in [0.1, 0.15) is 23.3 Å². The number of ether oxygens (including phenoxy) is 3. The third-order valence-corrected chi connectivity index (χ3v) is 12.2. The van der Waals surface area contributed by atoms with E-state index in [0.717, 1.165) is 44.1 Å². The van der Waals surface area contributed by atoms with Crippen LogP contribution in [-0.4, -0.2) is 108 Å². The molecule has 15 nitrogen and oxygen atoms in total. The van der Waals surface area contributed by atoms with Gasteiger partial charge < -0.3 is 39.0 Å². The van der Waals surface area contributed by atoms with E-state index in [1.165, 1.54) is 0 Å². The minimum atomic E-state index is -1.29. The number of unbranched alkanes of at least 4 members (excludes halogenated alkanes) is 1. The number of piperidine rings is 2. The Morgan fingerprint density at radius 3 is 2.38 bits per heavy atom. The van der Waals surface area contributed by atoms with Gasteiger partial charge >= 0.3 is 0 Å². The number of methoxy groups -OCH3 is 2. The van der Waals surface area contributed by atoms with E-state index in [2.05, 4.69) is 15.5 Å². The summed E-state index contributed by atoms with van der Waals surface area (Å²) in [6, 6.07) is 10.00. The van der Waals surface area contributed by atoms with Crippen LogP contribution in [0.4, 0.5) is 5.00 Å². The molecule has 2 saturated heterocycles. The van der Waals surface area contributed by atoms with Crippen molar-refractivity contribution in [3.05, 3.63) is 69.6 Å². The molecule has 0 spiro atoms. The summed E-state index contributed by atoms with van der Waals surface area (Å²) in [6.45, 7) is 2.26. The zero-order valence-corrected chi connectivity index (χ0v) is 34.3. The Hall–Kier alpha value is -5.45. The lowest BCUT2D eigenvalue weighted by atomic mass is 10.0. The molecule has 16 heteroatoms. The number of amides is 4. The molecule has 0 saturated carbocycles. The molecule has 0 bridgehead atoms. The van der Waals surface area contributed by atoms with Crippen molar-refractivity contribution >= 4 is 50.1 Å². The minimum Gasteiger partial charge on any atom is -0.496 e. The van der Waals surface area contributed by atoms with Gasteiger partial charge in [-0.3, -0.25) is 34.2 Å². The van der Waals surface area contributed by atoms with Gasteiger partial charge in [-0.2, -0.15) is 0 Å². The predicted octanol–water partition coefficient (Wildman–Crippen LogP) is 4.25. The fourth-order valence-corrected chi connectivity index (χ4v) is 9.19. The summed E-state index contributed by atoms with van der Waals surface area (Å²) in [7, 11) is 9.04. The number of hydrogen-bond donors (Lipinski definition) is 3. The summed E-state index contributed by atoms with van der Waals surface area (Å²) in [5, 5.41) is 18.2. The molecule has 2 atom stereocenters. The largest absolute Gasteiger partial charge is 0.496 e. The van der Waals surface area contributed by atoms with Crippen LogP contribution in [0, 0.1) is 0 Å². The zero-order chi connectivity index (χ0) is 41.2. The number of anilines is 1. The van der Waals surface area contributed by atoms with Crippen molar-refractivity contribution < 1.29 is 38.5 Å². The number of carbonyl (C=O) groups is 4. The third kappa shape index (κ3) is 8.26. The van der Waals surface area contributed by atoms with Crippen LogP contribution in [0.1, 0.15) is 72.7 Å². The van der Waals surface area contributed by atoms with E-state index >= 15 is 0 Å². The van der Waals surface area contributed by atoms with E-state index in [0.29, 0.717) is 73.7 Å². The van der Waals surface area contributed by atoms with Crippen molar-refractivity contribution in [3.63, 3.8) is 0 Å². The summed E-state index contributed by atoms with van der Waals surface area (Å²) in [5.74, 6) is 0.502.